The number of pyridine rings is 1. The zero-order valence-electron chi connectivity index (χ0n) is 15.5. The summed E-state index contributed by atoms with van der Waals surface area (Å²) in [5.41, 5.74) is 0.452. The molecular weight excluding hydrogens is 388 g/mol. The molecule has 8 nitrogen and oxygen atoms in total. The van der Waals surface area contributed by atoms with Crippen molar-refractivity contribution in [2.45, 2.75) is 20.0 Å². The lowest BCUT2D eigenvalue weighted by atomic mass is 10.1. The number of hydrogen-bond donors (Lipinski definition) is 1. The van der Waals surface area contributed by atoms with Gasteiger partial charge in [0.25, 0.3) is 5.91 Å². The summed E-state index contributed by atoms with van der Waals surface area (Å²) in [6.07, 6.45) is 0.322. The Morgan fingerprint density at radius 2 is 1.93 bits per heavy atom. The van der Waals surface area contributed by atoms with Gasteiger partial charge in [-0.05, 0) is 44.2 Å². The highest BCUT2D eigenvalue weighted by atomic mass is 35.5. The zero-order chi connectivity index (χ0) is 20.7. The Labute approximate surface area is 166 Å². The molecule has 0 spiro atoms. The maximum absolute atomic E-state index is 12.1. The number of rotatable bonds is 8. The predicted octanol–water partition coefficient (Wildman–Crippen LogP) is 2.90. The number of amides is 1. The summed E-state index contributed by atoms with van der Waals surface area (Å²) in [5, 5.41) is 2.94. The van der Waals surface area contributed by atoms with Gasteiger partial charge >= 0.3 is 5.97 Å². The molecule has 0 aliphatic rings. The molecule has 28 heavy (non-hydrogen) atoms. The van der Waals surface area contributed by atoms with Gasteiger partial charge in [0.05, 0.1) is 12.1 Å². The van der Waals surface area contributed by atoms with E-state index in [1.807, 2.05) is 0 Å². The van der Waals surface area contributed by atoms with Crippen molar-refractivity contribution in [3.8, 4) is 11.5 Å². The van der Waals surface area contributed by atoms with E-state index >= 15 is 0 Å². The second kappa shape index (κ2) is 9.70. The number of esters is 1. The Kier molecular flexibility index (Phi) is 7.34. The maximum atomic E-state index is 12.1. The standard InChI is InChI=1S/C19H19ClN2O6/c1-11(23)13-4-6-15(16(8-13)26-3)27-10-18(24)28-12(2)19(25)22-17-7-5-14(20)9-21-17/h4-9,12H,10H2,1-3H3,(H,21,22,25)/t12-/m0/s1. The van der Waals surface area contributed by atoms with Crippen LogP contribution in [-0.2, 0) is 14.3 Å². The fourth-order valence-electron chi connectivity index (χ4n) is 2.10. The first-order valence-corrected chi connectivity index (χ1v) is 8.61. The van der Waals surface area contributed by atoms with Crippen molar-refractivity contribution in [2.75, 3.05) is 19.0 Å². The first-order valence-electron chi connectivity index (χ1n) is 8.24. The fraction of sp³-hybridized carbons (Fsp3) is 0.263. The van der Waals surface area contributed by atoms with Crippen LogP contribution in [0.5, 0.6) is 11.5 Å². The first-order chi connectivity index (χ1) is 13.3. The molecule has 1 aromatic heterocycles. The number of halogens is 1. The monoisotopic (exact) mass is 406 g/mol. The van der Waals surface area contributed by atoms with Gasteiger partial charge in [-0.1, -0.05) is 11.6 Å². The number of hydrogen-bond acceptors (Lipinski definition) is 7. The SMILES string of the molecule is COc1cc(C(C)=O)ccc1OCC(=O)O[C@@H](C)C(=O)Nc1ccc(Cl)cn1. The summed E-state index contributed by atoms with van der Waals surface area (Å²) < 4.78 is 15.6. The Bertz CT molecular complexity index is 869. The highest BCUT2D eigenvalue weighted by Crippen LogP contribution is 2.28. The first kappa shape index (κ1) is 21.2. The van der Waals surface area contributed by atoms with Crippen LogP contribution in [0.2, 0.25) is 5.02 Å². The second-order valence-electron chi connectivity index (χ2n) is 5.69. The van der Waals surface area contributed by atoms with E-state index in [0.717, 1.165) is 0 Å². The molecule has 1 atom stereocenters. The summed E-state index contributed by atoms with van der Waals surface area (Å²) in [4.78, 5) is 39.3. The molecule has 2 rings (SSSR count). The van der Waals surface area contributed by atoms with Gasteiger partial charge in [0.1, 0.15) is 5.82 Å². The van der Waals surface area contributed by atoms with E-state index in [0.29, 0.717) is 16.3 Å². The van der Waals surface area contributed by atoms with E-state index in [-0.39, 0.29) is 17.4 Å². The quantitative estimate of drug-likeness (QED) is 0.531. The van der Waals surface area contributed by atoms with E-state index in [1.54, 1.807) is 12.1 Å². The molecule has 0 saturated heterocycles. The molecule has 2 aromatic rings. The highest BCUT2D eigenvalue weighted by molar-refractivity contribution is 6.30. The third-order valence-electron chi connectivity index (χ3n) is 3.57. The summed E-state index contributed by atoms with van der Waals surface area (Å²) in [6.45, 7) is 2.41. The molecule has 0 radical (unpaired) electrons. The number of nitrogens with one attached hydrogen (secondary N) is 1. The van der Waals surface area contributed by atoms with E-state index in [1.165, 1.54) is 45.4 Å². The van der Waals surface area contributed by atoms with Crippen LogP contribution in [0.3, 0.4) is 0 Å². The van der Waals surface area contributed by atoms with Crippen LogP contribution in [0.4, 0.5) is 5.82 Å². The molecule has 1 aromatic carbocycles. The number of aromatic nitrogens is 1. The highest BCUT2D eigenvalue weighted by Gasteiger charge is 2.19. The van der Waals surface area contributed by atoms with Crippen molar-refractivity contribution in [3.63, 3.8) is 0 Å². The number of carbonyl (C=O) groups excluding carboxylic acids is 3. The van der Waals surface area contributed by atoms with Crippen LogP contribution in [0, 0.1) is 0 Å². The zero-order valence-corrected chi connectivity index (χ0v) is 16.3. The normalized spacial score (nSPS) is 11.3. The van der Waals surface area contributed by atoms with Crippen LogP contribution < -0.4 is 14.8 Å². The van der Waals surface area contributed by atoms with Gasteiger partial charge in [-0.15, -0.1) is 0 Å². The van der Waals surface area contributed by atoms with Crippen LogP contribution in [0.15, 0.2) is 36.5 Å². The third-order valence-corrected chi connectivity index (χ3v) is 3.80. The average molecular weight is 407 g/mol. The number of ketones is 1. The largest absolute Gasteiger partial charge is 0.493 e. The van der Waals surface area contributed by atoms with Crippen LogP contribution in [0.1, 0.15) is 24.2 Å². The number of carbonyl (C=O) groups is 3. The number of methoxy groups -OCH3 is 1. The fourth-order valence-corrected chi connectivity index (χ4v) is 2.22. The lowest BCUT2D eigenvalue weighted by Gasteiger charge is -2.14. The summed E-state index contributed by atoms with van der Waals surface area (Å²) >= 11 is 5.73. The summed E-state index contributed by atoms with van der Waals surface area (Å²) in [6, 6.07) is 7.68. The predicted molar refractivity (Wildman–Crippen MR) is 102 cm³/mol. The van der Waals surface area contributed by atoms with Gasteiger partial charge < -0.3 is 19.5 Å². The van der Waals surface area contributed by atoms with Gasteiger partial charge in [-0.2, -0.15) is 0 Å². The molecule has 0 fully saturated rings. The van der Waals surface area contributed by atoms with Crippen LogP contribution >= 0.6 is 11.6 Å². The second-order valence-corrected chi connectivity index (χ2v) is 6.13. The number of ether oxygens (including phenoxy) is 3. The van der Waals surface area contributed by atoms with Crippen LogP contribution in [-0.4, -0.2) is 42.5 Å². The van der Waals surface area contributed by atoms with Gasteiger partial charge in [-0.25, -0.2) is 9.78 Å². The van der Waals surface area contributed by atoms with Gasteiger partial charge in [0.15, 0.2) is 30.0 Å². The molecule has 1 N–H and O–H groups in total. The topological polar surface area (TPSA) is 104 Å². The van der Waals surface area contributed by atoms with Gasteiger partial charge in [-0.3, -0.25) is 9.59 Å². The summed E-state index contributed by atoms with van der Waals surface area (Å²) in [7, 11) is 1.42. The molecule has 1 amide bonds. The number of anilines is 1. The molecule has 0 bridgehead atoms. The van der Waals surface area contributed by atoms with E-state index < -0.39 is 24.6 Å². The lowest BCUT2D eigenvalue weighted by molar-refractivity contribution is -0.155. The molecular formula is C19H19ClN2O6. The Morgan fingerprint density at radius 1 is 1.18 bits per heavy atom. The maximum Gasteiger partial charge on any atom is 0.344 e. The van der Waals surface area contributed by atoms with Gasteiger partial charge in [0, 0.05) is 11.8 Å². The number of nitrogens with zero attached hydrogens (tertiary/aromatic N) is 1. The molecule has 0 unspecified atom stereocenters. The van der Waals surface area contributed by atoms with Crippen molar-refractivity contribution in [2.24, 2.45) is 0 Å². The number of benzene rings is 1. The lowest BCUT2D eigenvalue weighted by Crippen LogP contribution is -2.31. The molecule has 148 valence electrons. The van der Waals surface area contributed by atoms with Crippen molar-refractivity contribution in [3.05, 3.63) is 47.1 Å². The molecule has 0 aliphatic carbocycles. The van der Waals surface area contributed by atoms with Crippen molar-refractivity contribution in [1.29, 1.82) is 0 Å². The van der Waals surface area contributed by atoms with E-state index in [2.05, 4.69) is 10.3 Å². The minimum absolute atomic E-state index is 0.126. The number of Topliss-reactive ketones (excluding diaryl/α,β-unsaturated/α-hetero) is 1. The summed E-state index contributed by atoms with van der Waals surface area (Å²) in [5.74, 6) is -0.564. The van der Waals surface area contributed by atoms with Gasteiger partial charge in [0.2, 0.25) is 0 Å². The minimum atomic E-state index is -1.06. The molecule has 9 heteroatoms. The Hall–Kier alpha value is -3.13. The smallest absolute Gasteiger partial charge is 0.344 e. The van der Waals surface area contributed by atoms with E-state index in [9.17, 15) is 14.4 Å². The minimum Gasteiger partial charge on any atom is -0.493 e. The Balaban J connectivity index is 1.88. The molecule has 1 heterocycles. The van der Waals surface area contributed by atoms with Crippen molar-refractivity contribution in [1.82, 2.24) is 4.98 Å². The van der Waals surface area contributed by atoms with E-state index in [4.69, 9.17) is 25.8 Å². The average Bonchev–Trinajstić information content (AvgIpc) is 2.67. The van der Waals surface area contributed by atoms with Crippen molar-refractivity contribution < 1.29 is 28.6 Å². The molecule has 0 aliphatic heterocycles. The van der Waals surface area contributed by atoms with Crippen LogP contribution in [0.25, 0.3) is 0 Å². The Morgan fingerprint density at radius 3 is 2.54 bits per heavy atom. The molecule has 0 saturated carbocycles. The third kappa shape index (κ3) is 5.95. The van der Waals surface area contributed by atoms with Crippen molar-refractivity contribution >= 4 is 35.1 Å².